The molecule has 0 aliphatic carbocycles. The van der Waals surface area contributed by atoms with E-state index >= 15 is 0 Å². The van der Waals surface area contributed by atoms with Gasteiger partial charge >= 0.3 is 0 Å². The Kier molecular flexibility index (Phi) is 7.54. The molecule has 0 aliphatic rings. The van der Waals surface area contributed by atoms with Crippen LogP contribution in [0.5, 0.6) is 0 Å². The van der Waals surface area contributed by atoms with Crippen molar-refractivity contribution in [3.8, 4) is 0 Å². The smallest absolute Gasteiger partial charge is 0.252 e. The lowest BCUT2D eigenvalue weighted by atomic mass is 9.99. The van der Waals surface area contributed by atoms with Crippen LogP contribution >= 0.6 is 11.8 Å². The van der Waals surface area contributed by atoms with Crippen molar-refractivity contribution in [3.05, 3.63) is 66.1 Å². The van der Waals surface area contributed by atoms with Gasteiger partial charge in [-0.2, -0.15) is 0 Å². The maximum absolute atomic E-state index is 12.8. The molecule has 28 heavy (non-hydrogen) atoms. The topological polar surface area (TPSA) is 46.4 Å². The minimum atomic E-state index is 0.0213. The highest BCUT2D eigenvalue weighted by Gasteiger charge is 2.14. The number of nitrogens with zero attached hydrogens (tertiary/aromatic N) is 2. The number of carbonyl (C=O) groups is 1. The van der Waals surface area contributed by atoms with Crippen molar-refractivity contribution in [2.24, 2.45) is 5.92 Å². The minimum absolute atomic E-state index is 0.0213. The summed E-state index contributed by atoms with van der Waals surface area (Å²) in [5, 5.41) is 3.15. The Balaban J connectivity index is 1.62. The third-order valence-electron chi connectivity index (χ3n) is 5.02. The Labute approximate surface area is 171 Å². The van der Waals surface area contributed by atoms with E-state index in [0.717, 1.165) is 40.5 Å². The molecule has 1 atom stereocenters. The van der Waals surface area contributed by atoms with Gasteiger partial charge in [-0.1, -0.05) is 51.3 Å². The first kappa shape index (κ1) is 20.5. The van der Waals surface area contributed by atoms with Gasteiger partial charge in [-0.05, 0) is 36.6 Å². The standard InChI is InChI=1S/C23H29N3OS/c1-3-5-10-18(4-2)15-24-23(27)20-11-6-7-12-21(20)28-17-19-16-26-14-9-8-13-22(26)25-19/h6-9,11-14,16,18H,3-5,10,15,17H2,1-2H3,(H,24,27). The normalized spacial score (nSPS) is 12.2. The van der Waals surface area contributed by atoms with Crippen LogP contribution in [0, 0.1) is 5.92 Å². The van der Waals surface area contributed by atoms with E-state index in [-0.39, 0.29) is 5.91 Å². The number of benzene rings is 1. The van der Waals surface area contributed by atoms with Gasteiger partial charge in [-0.3, -0.25) is 4.79 Å². The van der Waals surface area contributed by atoms with E-state index in [0.29, 0.717) is 5.92 Å². The number of unbranched alkanes of at least 4 members (excludes halogenated alkanes) is 1. The summed E-state index contributed by atoms with van der Waals surface area (Å²) < 4.78 is 2.02. The summed E-state index contributed by atoms with van der Waals surface area (Å²) in [6.07, 6.45) is 8.75. The first-order valence-electron chi connectivity index (χ1n) is 10.1. The van der Waals surface area contributed by atoms with Crippen molar-refractivity contribution in [3.63, 3.8) is 0 Å². The third kappa shape index (κ3) is 5.38. The number of hydrogen-bond acceptors (Lipinski definition) is 3. The van der Waals surface area contributed by atoms with Gasteiger partial charge in [0, 0.05) is 29.6 Å². The van der Waals surface area contributed by atoms with Crippen LogP contribution in [-0.4, -0.2) is 21.8 Å². The van der Waals surface area contributed by atoms with Crippen molar-refractivity contribution in [2.45, 2.75) is 50.2 Å². The van der Waals surface area contributed by atoms with E-state index in [1.54, 1.807) is 11.8 Å². The predicted octanol–water partition coefficient (Wildman–Crippen LogP) is 5.57. The van der Waals surface area contributed by atoms with Gasteiger partial charge in [0.15, 0.2) is 0 Å². The number of thioether (sulfide) groups is 1. The average molecular weight is 396 g/mol. The number of nitrogens with one attached hydrogen (secondary N) is 1. The molecule has 148 valence electrons. The molecular formula is C23H29N3OS. The second kappa shape index (κ2) is 10.3. The number of carbonyl (C=O) groups excluding carboxylic acids is 1. The van der Waals surface area contributed by atoms with Gasteiger partial charge in [-0.15, -0.1) is 11.8 Å². The lowest BCUT2D eigenvalue weighted by Crippen LogP contribution is -2.29. The average Bonchev–Trinajstić information content (AvgIpc) is 3.15. The Morgan fingerprint density at radius 3 is 2.79 bits per heavy atom. The lowest BCUT2D eigenvalue weighted by Gasteiger charge is -2.16. The zero-order valence-corrected chi connectivity index (χ0v) is 17.5. The lowest BCUT2D eigenvalue weighted by molar-refractivity contribution is 0.0943. The molecule has 2 heterocycles. The summed E-state index contributed by atoms with van der Waals surface area (Å²) >= 11 is 1.66. The molecule has 4 nitrogen and oxygen atoms in total. The van der Waals surface area contributed by atoms with Gasteiger partial charge in [0.2, 0.25) is 0 Å². The number of aromatic nitrogens is 2. The highest BCUT2D eigenvalue weighted by atomic mass is 32.2. The molecule has 3 rings (SSSR count). The molecule has 0 aliphatic heterocycles. The molecule has 5 heteroatoms. The predicted molar refractivity (Wildman–Crippen MR) is 117 cm³/mol. The van der Waals surface area contributed by atoms with Crippen molar-refractivity contribution in [2.75, 3.05) is 6.54 Å². The van der Waals surface area contributed by atoms with Gasteiger partial charge in [-0.25, -0.2) is 4.98 Å². The van der Waals surface area contributed by atoms with E-state index in [4.69, 9.17) is 0 Å². The van der Waals surface area contributed by atoms with Crippen LogP contribution in [0.25, 0.3) is 5.65 Å². The Morgan fingerprint density at radius 2 is 2.00 bits per heavy atom. The maximum Gasteiger partial charge on any atom is 0.252 e. The molecule has 0 spiro atoms. The largest absolute Gasteiger partial charge is 0.352 e. The monoisotopic (exact) mass is 395 g/mol. The van der Waals surface area contributed by atoms with Gasteiger partial charge in [0.25, 0.3) is 5.91 Å². The zero-order chi connectivity index (χ0) is 19.8. The summed E-state index contributed by atoms with van der Waals surface area (Å²) in [7, 11) is 0. The van der Waals surface area contributed by atoms with Crippen LogP contribution in [0.4, 0.5) is 0 Å². The second-order valence-corrected chi connectivity index (χ2v) is 8.13. The zero-order valence-electron chi connectivity index (χ0n) is 16.7. The van der Waals surface area contributed by atoms with Crippen LogP contribution in [0.15, 0.2) is 59.8 Å². The van der Waals surface area contributed by atoms with Gasteiger partial charge < -0.3 is 9.72 Å². The third-order valence-corrected chi connectivity index (χ3v) is 6.12. The number of fused-ring (bicyclic) bond motifs is 1. The van der Waals surface area contributed by atoms with E-state index in [1.807, 2.05) is 59.3 Å². The maximum atomic E-state index is 12.8. The molecule has 0 bridgehead atoms. The van der Waals surface area contributed by atoms with Crippen LogP contribution in [0.2, 0.25) is 0 Å². The fourth-order valence-electron chi connectivity index (χ4n) is 3.26. The number of hydrogen-bond donors (Lipinski definition) is 1. The van der Waals surface area contributed by atoms with E-state index in [9.17, 15) is 4.79 Å². The van der Waals surface area contributed by atoms with E-state index < -0.39 is 0 Å². The minimum Gasteiger partial charge on any atom is -0.352 e. The number of imidazole rings is 1. The number of pyridine rings is 1. The molecule has 1 aromatic carbocycles. The second-order valence-electron chi connectivity index (χ2n) is 7.11. The van der Waals surface area contributed by atoms with Crippen molar-refractivity contribution >= 4 is 23.3 Å². The van der Waals surface area contributed by atoms with Crippen LogP contribution in [0.3, 0.4) is 0 Å². The molecule has 0 fully saturated rings. The van der Waals surface area contributed by atoms with Crippen LogP contribution < -0.4 is 5.32 Å². The van der Waals surface area contributed by atoms with Crippen LogP contribution in [-0.2, 0) is 5.75 Å². The molecule has 1 amide bonds. The molecule has 0 saturated carbocycles. The molecule has 0 radical (unpaired) electrons. The molecular weight excluding hydrogens is 366 g/mol. The molecule has 1 unspecified atom stereocenters. The molecule has 3 aromatic rings. The van der Waals surface area contributed by atoms with Crippen molar-refractivity contribution in [1.29, 1.82) is 0 Å². The van der Waals surface area contributed by atoms with E-state index in [1.165, 1.54) is 19.3 Å². The fraction of sp³-hybridized carbons (Fsp3) is 0.391. The first-order chi connectivity index (χ1) is 13.7. The highest BCUT2D eigenvalue weighted by molar-refractivity contribution is 7.98. The summed E-state index contributed by atoms with van der Waals surface area (Å²) in [4.78, 5) is 18.4. The Morgan fingerprint density at radius 1 is 1.18 bits per heavy atom. The first-order valence-corrected chi connectivity index (χ1v) is 11.1. The fourth-order valence-corrected chi connectivity index (χ4v) is 4.20. The van der Waals surface area contributed by atoms with E-state index in [2.05, 4.69) is 24.1 Å². The molecule has 1 N–H and O–H groups in total. The molecule has 2 aromatic heterocycles. The summed E-state index contributed by atoms with van der Waals surface area (Å²) in [6, 6.07) is 13.8. The Hall–Kier alpha value is -2.27. The quantitative estimate of drug-likeness (QED) is 0.456. The summed E-state index contributed by atoms with van der Waals surface area (Å²) in [5.41, 5.74) is 2.71. The molecule has 0 saturated heterocycles. The van der Waals surface area contributed by atoms with Gasteiger partial charge in [0.05, 0.1) is 11.3 Å². The highest BCUT2D eigenvalue weighted by Crippen LogP contribution is 2.26. The van der Waals surface area contributed by atoms with Gasteiger partial charge in [0.1, 0.15) is 5.65 Å². The van der Waals surface area contributed by atoms with Crippen molar-refractivity contribution < 1.29 is 4.79 Å². The summed E-state index contributed by atoms with van der Waals surface area (Å²) in [6.45, 7) is 5.16. The number of rotatable bonds is 10. The Bertz CT molecular complexity index is 873. The van der Waals surface area contributed by atoms with Crippen molar-refractivity contribution in [1.82, 2.24) is 14.7 Å². The summed E-state index contributed by atoms with van der Waals surface area (Å²) in [5.74, 6) is 1.31. The SMILES string of the molecule is CCCCC(CC)CNC(=O)c1ccccc1SCc1cn2ccccc2n1. The van der Waals surface area contributed by atoms with Crippen LogP contribution in [0.1, 0.15) is 55.6 Å². The number of amides is 1.